The number of carbonyl (C=O) groups excluding carboxylic acids is 2. The van der Waals surface area contributed by atoms with E-state index in [1.165, 1.54) is 0 Å². The highest BCUT2D eigenvalue weighted by molar-refractivity contribution is 5.97. The van der Waals surface area contributed by atoms with Gasteiger partial charge in [-0.2, -0.15) is 0 Å². The molecule has 0 aliphatic carbocycles. The van der Waals surface area contributed by atoms with Crippen LogP contribution in [0.25, 0.3) is 0 Å². The third-order valence-corrected chi connectivity index (χ3v) is 4.03. The summed E-state index contributed by atoms with van der Waals surface area (Å²) in [5, 5.41) is 5.81. The van der Waals surface area contributed by atoms with Crippen LogP contribution in [-0.4, -0.2) is 24.9 Å². The van der Waals surface area contributed by atoms with E-state index in [1.807, 2.05) is 0 Å². The minimum absolute atomic E-state index is 0.0909. The summed E-state index contributed by atoms with van der Waals surface area (Å²) in [6, 6.07) is 6.79. The Morgan fingerprint density at radius 1 is 0.818 bits per heavy atom. The zero-order valence-corrected chi connectivity index (χ0v) is 14.1. The summed E-state index contributed by atoms with van der Waals surface area (Å²) in [5.74, 6) is 0.753. The van der Waals surface area contributed by atoms with Crippen molar-refractivity contribution in [1.82, 2.24) is 10.6 Å². The van der Waals surface area contributed by atoms with Crippen molar-refractivity contribution in [3.05, 3.63) is 35.4 Å². The van der Waals surface area contributed by atoms with Crippen molar-refractivity contribution in [1.29, 1.82) is 0 Å². The lowest BCUT2D eigenvalue weighted by atomic mass is 10.1. The van der Waals surface area contributed by atoms with Crippen molar-refractivity contribution in [2.75, 3.05) is 13.1 Å². The minimum Gasteiger partial charge on any atom is -0.352 e. The van der Waals surface area contributed by atoms with E-state index in [-0.39, 0.29) is 11.8 Å². The Kier molecular flexibility index (Phi) is 7.64. The van der Waals surface area contributed by atoms with Gasteiger partial charge in [0.25, 0.3) is 11.8 Å². The van der Waals surface area contributed by atoms with Gasteiger partial charge in [-0.25, -0.2) is 0 Å². The molecule has 4 heteroatoms. The first-order valence-electron chi connectivity index (χ1n) is 8.14. The van der Waals surface area contributed by atoms with E-state index in [2.05, 4.69) is 38.3 Å². The normalized spacial score (nSPS) is 13.3. The van der Waals surface area contributed by atoms with E-state index in [0.717, 1.165) is 12.8 Å². The summed E-state index contributed by atoms with van der Waals surface area (Å²) in [7, 11) is 0. The third kappa shape index (κ3) is 5.88. The van der Waals surface area contributed by atoms with Crippen LogP contribution in [0.1, 0.15) is 61.3 Å². The van der Waals surface area contributed by atoms with Crippen LogP contribution in [0.15, 0.2) is 24.3 Å². The summed E-state index contributed by atoms with van der Waals surface area (Å²) in [6.45, 7) is 9.75. The second kappa shape index (κ2) is 9.23. The van der Waals surface area contributed by atoms with Crippen molar-refractivity contribution in [3.63, 3.8) is 0 Å². The highest BCUT2D eigenvalue weighted by Gasteiger charge is 2.10. The van der Waals surface area contributed by atoms with Crippen molar-refractivity contribution in [3.8, 4) is 0 Å². The SMILES string of the molecule is CCC(C)CNC(=O)c1ccc(C(=O)NCC(C)CC)cc1. The van der Waals surface area contributed by atoms with Gasteiger partial charge in [-0.3, -0.25) is 9.59 Å². The molecule has 0 saturated carbocycles. The molecule has 2 atom stereocenters. The van der Waals surface area contributed by atoms with Gasteiger partial charge in [0.15, 0.2) is 0 Å². The fourth-order valence-corrected chi connectivity index (χ4v) is 1.80. The van der Waals surface area contributed by atoms with E-state index >= 15 is 0 Å². The van der Waals surface area contributed by atoms with E-state index in [4.69, 9.17) is 0 Å². The molecule has 2 amide bonds. The molecular formula is C18H28N2O2. The highest BCUT2D eigenvalue weighted by Crippen LogP contribution is 2.06. The second-order valence-corrected chi connectivity index (χ2v) is 6.02. The van der Waals surface area contributed by atoms with Gasteiger partial charge >= 0.3 is 0 Å². The molecule has 122 valence electrons. The molecule has 1 aromatic rings. The van der Waals surface area contributed by atoms with Crippen LogP contribution >= 0.6 is 0 Å². The summed E-state index contributed by atoms with van der Waals surface area (Å²) >= 11 is 0. The predicted molar refractivity (Wildman–Crippen MR) is 90.0 cm³/mol. The Morgan fingerprint density at radius 3 is 1.41 bits per heavy atom. The molecule has 0 saturated heterocycles. The minimum atomic E-state index is -0.0909. The molecule has 0 aliphatic rings. The van der Waals surface area contributed by atoms with Gasteiger partial charge in [0.1, 0.15) is 0 Å². The van der Waals surface area contributed by atoms with Gasteiger partial charge in [0.2, 0.25) is 0 Å². The molecule has 2 N–H and O–H groups in total. The molecule has 1 rings (SSSR count). The summed E-state index contributed by atoms with van der Waals surface area (Å²) < 4.78 is 0. The lowest BCUT2D eigenvalue weighted by Crippen LogP contribution is -2.29. The van der Waals surface area contributed by atoms with E-state index in [1.54, 1.807) is 24.3 Å². The van der Waals surface area contributed by atoms with Crippen LogP contribution in [0.4, 0.5) is 0 Å². The number of benzene rings is 1. The fraction of sp³-hybridized carbons (Fsp3) is 0.556. The van der Waals surface area contributed by atoms with Crippen molar-refractivity contribution >= 4 is 11.8 Å². The maximum absolute atomic E-state index is 12.0. The molecule has 0 bridgehead atoms. The monoisotopic (exact) mass is 304 g/mol. The smallest absolute Gasteiger partial charge is 0.251 e. The third-order valence-electron chi connectivity index (χ3n) is 4.03. The first kappa shape index (κ1) is 18.2. The highest BCUT2D eigenvalue weighted by atomic mass is 16.2. The van der Waals surface area contributed by atoms with Gasteiger partial charge < -0.3 is 10.6 Å². The molecule has 2 unspecified atom stereocenters. The van der Waals surface area contributed by atoms with Crippen LogP contribution in [-0.2, 0) is 0 Å². The molecule has 4 nitrogen and oxygen atoms in total. The molecule has 1 aromatic carbocycles. The molecule has 0 heterocycles. The molecular weight excluding hydrogens is 276 g/mol. The maximum atomic E-state index is 12.0. The zero-order chi connectivity index (χ0) is 16.5. The number of rotatable bonds is 8. The number of hydrogen-bond acceptors (Lipinski definition) is 2. The summed E-state index contributed by atoms with van der Waals surface area (Å²) in [6.07, 6.45) is 2.07. The first-order chi connectivity index (χ1) is 10.5. The quantitative estimate of drug-likeness (QED) is 0.774. The van der Waals surface area contributed by atoms with E-state index in [0.29, 0.717) is 36.1 Å². The maximum Gasteiger partial charge on any atom is 0.251 e. The van der Waals surface area contributed by atoms with Crippen molar-refractivity contribution in [2.45, 2.75) is 40.5 Å². The number of nitrogens with one attached hydrogen (secondary N) is 2. The standard InChI is InChI=1S/C18H28N2O2/c1-5-13(3)11-19-17(21)15-7-9-16(10-8-15)18(22)20-12-14(4)6-2/h7-10,13-14H,5-6,11-12H2,1-4H3,(H,19,21)(H,20,22). The molecule has 0 aromatic heterocycles. The van der Waals surface area contributed by atoms with Crippen LogP contribution in [0.3, 0.4) is 0 Å². The van der Waals surface area contributed by atoms with E-state index < -0.39 is 0 Å². The largest absolute Gasteiger partial charge is 0.352 e. The Labute approximate surface area is 133 Å². The topological polar surface area (TPSA) is 58.2 Å². The molecule has 0 radical (unpaired) electrons. The van der Waals surface area contributed by atoms with Crippen molar-refractivity contribution in [2.24, 2.45) is 11.8 Å². The lowest BCUT2D eigenvalue weighted by Gasteiger charge is -2.11. The average Bonchev–Trinajstić information content (AvgIpc) is 2.56. The zero-order valence-electron chi connectivity index (χ0n) is 14.1. The number of hydrogen-bond donors (Lipinski definition) is 2. The van der Waals surface area contributed by atoms with Crippen LogP contribution < -0.4 is 10.6 Å². The predicted octanol–water partition coefficient (Wildman–Crippen LogP) is 3.24. The van der Waals surface area contributed by atoms with Gasteiger partial charge in [-0.05, 0) is 36.1 Å². The van der Waals surface area contributed by atoms with Crippen LogP contribution in [0.2, 0.25) is 0 Å². The van der Waals surface area contributed by atoms with Crippen molar-refractivity contribution < 1.29 is 9.59 Å². The van der Waals surface area contributed by atoms with Gasteiger partial charge in [-0.1, -0.05) is 40.5 Å². The van der Waals surface area contributed by atoms with Crippen LogP contribution in [0.5, 0.6) is 0 Å². The second-order valence-electron chi connectivity index (χ2n) is 6.02. The Balaban J connectivity index is 2.55. The Hall–Kier alpha value is -1.84. The summed E-state index contributed by atoms with van der Waals surface area (Å²) in [5.41, 5.74) is 1.17. The molecule has 0 fully saturated rings. The van der Waals surface area contributed by atoms with Gasteiger partial charge in [0.05, 0.1) is 0 Å². The Morgan fingerprint density at radius 2 is 1.14 bits per heavy atom. The van der Waals surface area contributed by atoms with Gasteiger partial charge in [-0.15, -0.1) is 0 Å². The molecule has 0 spiro atoms. The number of carbonyl (C=O) groups is 2. The van der Waals surface area contributed by atoms with Crippen LogP contribution in [0, 0.1) is 11.8 Å². The molecule has 22 heavy (non-hydrogen) atoms. The lowest BCUT2D eigenvalue weighted by molar-refractivity contribution is 0.0936. The number of amides is 2. The fourth-order valence-electron chi connectivity index (χ4n) is 1.80. The Bertz CT molecular complexity index is 437. The molecule has 0 aliphatic heterocycles. The first-order valence-corrected chi connectivity index (χ1v) is 8.14. The summed E-state index contributed by atoms with van der Waals surface area (Å²) in [4.78, 5) is 24.0. The van der Waals surface area contributed by atoms with Gasteiger partial charge in [0, 0.05) is 24.2 Å². The van der Waals surface area contributed by atoms with E-state index in [9.17, 15) is 9.59 Å². The average molecular weight is 304 g/mol.